The average molecular weight is 244 g/mol. The van der Waals surface area contributed by atoms with Gasteiger partial charge in [0, 0.05) is 5.56 Å². The Morgan fingerprint density at radius 1 is 0.944 bits per heavy atom. The molecular weight excluding hydrogens is 228 g/mol. The fourth-order valence-corrected chi connectivity index (χ4v) is 1.93. The molecule has 0 aliphatic carbocycles. The number of aromatic hydroxyl groups is 2. The summed E-state index contributed by atoms with van der Waals surface area (Å²) in [5.41, 5.74) is 1.69. The van der Waals surface area contributed by atoms with Crippen LogP contribution < -0.4 is 4.74 Å². The molecule has 0 heterocycles. The van der Waals surface area contributed by atoms with E-state index in [0.29, 0.717) is 17.7 Å². The first kappa shape index (κ1) is 12.3. The number of aryl methyl sites for hydroxylation is 1. The Labute approximate surface area is 106 Å². The third-order valence-corrected chi connectivity index (χ3v) is 2.95. The monoisotopic (exact) mass is 244 g/mol. The number of methoxy groups -OCH3 is 1. The Morgan fingerprint density at radius 2 is 1.67 bits per heavy atom. The van der Waals surface area contributed by atoms with Crippen molar-refractivity contribution in [2.45, 2.75) is 12.8 Å². The van der Waals surface area contributed by atoms with E-state index in [0.717, 1.165) is 6.42 Å². The van der Waals surface area contributed by atoms with Crippen molar-refractivity contribution in [3.8, 4) is 17.2 Å². The van der Waals surface area contributed by atoms with Gasteiger partial charge in [-0.25, -0.2) is 0 Å². The molecule has 18 heavy (non-hydrogen) atoms. The molecule has 2 aromatic rings. The number of phenolic OH excluding ortho intramolecular Hbond substituents is 2. The summed E-state index contributed by atoms with van der Waals surface area (Å²) in [6.07, 6.45) is 1.33. The van der Waals surface area contributed by atoms with E-state index in [1.54, 1.807) is 12.1 Å². The number of rotatable bonds is 4. The lowest BCUT2D eigenvalue weighted by atomic mass is 10.0. The molecule has 0 aliphatic heterocycles. The van der Waals surface area contributed by atoms with Crippen molar-refractivity contribution in [3.05, 3.63) is 53.6 Å². The predicted molar refractivity (Wildman–Crippen MR) is 70.2 cm³/mol. The third-order valence-electron chi connectivity index (χ3n) is 2.95. The number of hydrogen-bond donors (Lipinski definition) is 2. The highest BCUT2D eigenvalue weighted by atomic mass is 16.5. The molecule has 0 radical (unpaired) electrons. The zero-order valence-corrected chi connectivity index (χ0v) is 10.3. The molecule has 0 amide bonds. The van der Waals surface area contributed by atoms with Gasteiger partial charge in [0.05, 0.1) is 7.11 Å². The van der Waals surface area contributed by atoms with Gasteiger partial charge >= 0.3 is 0 Å². The summed E-state index contributed by atoms with van der Waals surface area (Å²) in [7, 11) is 1.49. The van der Waals surface area contributed by atoms with E-state index in [9.17, 15) is 10.2 Å². The molecular formula is C15H16O3. The van der Waals surface area contributed by atoms with E-state index in [1.807, 2.05) is 30.3 Å². The van der Waals surface area contributed by atoms with Gasteiger partial charge in [-0.3, -0.25) is 0 Å². The van der Waals surface area contributed by atoms with E-state index < -0.39 is 0 Å². The highest BCUT2D eigenvalue weighted by molar-refractivity contribution is 5.52. The standard InChI is InChI=1S/C15H16O3/c1-18-14-10-9-13(16)12(15(14)17)8-7-11-5-3-2-4-6-11/h2-6,9-10,16-17H,7-8H2,1H3. The Morgan fingerprint density at radius 3 is 2.33 bits per heavy atom. The molecule has 0 saturated carbocycles. The van der Waals surface area contributed by atoms with Crippen LogP contribution in [0.5, 0.6) is 17.2 Å². The summed E-state index contributed by atoms with van der Waals surface area (Å²) in [5.74, 6) is 0.508. The second kappa shape index (κ2) is 5.45. The van der Waals surface area contributed by atoms with Gasteiger partial charge < -0.3 is 14.9 Å². The highest BCUT2D eigenvalue weighted by Gasteiger charge is 2.12. The maximum absolute atomic E-state index is 9.96. The summed E-state index contributed by atoms with van der Waals surface area (Å²) in [4.78, 5) is 0. The van der Waals surface area contributed by atoms with Crippen LogP contribution in [0.3, 0.4) is 0 Å². The van der Waals surface area contributed by atoms with Crippen molar-refractivity contribution in [2.24, 2.45) is 0 Å². The quantitative estimate of drug-likeness (QED) is 0.869. The molecule has 2 aromatic carbocycles. The number of hydrogen-bond acceptors (Lipinski definition) is 3. The van der Waals surface area contributed by atoms with Crippen molar-refractivity contribution >= 4 is 0 Å². The van der Waals surface area contributed by atoms with Crippen molar-refractivity contribution in [1.82, 2.24) is 0 Å². The molecule has 0 unspecified atom stereocenters. The first-order valence-electron chi connectivity index (χ1n) is 5.84. The molecule has 0 atom stereocenters. The SMILES string of the molecule is COc1ccc(O)c(CCc2ccccc2)c1O. The van der Waals surface area contributed by atoms with E-state index in [2.05, 4.69) is 0 Å². The van der Waals surface area contributed by atoms with Gasteiger partial charge in [-0.2, -0.15) is 0 Å². The largest absolute Gasteiger partial charge is 0.508 e. The molecule has 0 fully saturated rings. The van der Waals surface area contributed by atoms with Gasteiger partial charge in [0.1, 0.15) is 5.75 Å². The summed E-state index contributed by atoms with van der Waals surface area (Å²) in [6, 6.07) is 13.0. The highest BCUT2D eigenvalue weighted by Crippen LogP contribution is 2.36. The van der Waals surface area contributed by atoms with Gasteiger partial charge in [-0.15, -0.1) is 0 Å². The first-order chi connectivity index (χ1) is 8.72. The van der Waals surface area contributed by atoms with Crippen molar-refractivity contribution in [1.29, 1.82) is 0 Å². The second-order valence-corrected chi connectivity index (χ2v) is 4.10. The number of ether oxygens (including phenoxy) is 1. The fourth-order valence-electron chi connectivity index (χ4n) is 1.93. The van der Waals surface area contributed by atoms with Crippen LogP contribution in [-0.4, -0.2) is 17.3 Å². The fraction of sp³-hybridized carbons (Fsp3) is 0.200. The zero-order chi connectivity index (χ0) is 13.0. The Balaban J connectivity index is 2.19. The molecule has 0 aliphatic rings. The van der Waals surface area contributed by atoms with Crippen LogP contribution in [0.4, 0.5) is 0 Å². The van der Waals surface area contributed by atoms with Crippen molar-refractivity contribution < 1.29 is 14.9 Å². The maximum atomic E-state index is 9.96. The molecule has 2 rings (SSSR count). The Kier molecular flexibility index (Phi) is 3.72. The van der Waals surface area contributed by atoms with Gasteiger partial charge in [0.2, 0.25) is 0 Å². The van der Waals surface area contributed by atoms with Crippen molar-refractivity contribution in [2.75, 3.05) is 7.11 Å². The minimum absolute atomic E-state index is 0.0217. The first-order valence-corrected chi connectivity index (χ1v) is 5.84. The van der Waals surface area contributed by atoms with Gasteiger partial charge in [0.15, 0.2) is 11.5 Å². The second-order valence-electron chi connectivity index (χ2n) is 4.10. The smallest absolute Gasteiger partial charge is 0.164 e. The van der Waals surface area contributed by atoms with E-state index in [-0.39, 0.29) is 11.5 Å². The predicted octanol–water partition coefficient (Wildman–Crippen LogP) is 2.89. The summed E-state index contributed by atoms with van der Waals surface area (Å²) in [6.45, 7) is 0. The molecule has 0 bridgehead atoms. The summed E-state index contributed by atoms with van der Waals surface area (Å²) < 4.78 is 5.03. The minimum atomic E-state index is 0.0217. The van der Waals surface area contributed by atoms with Gasteiger partial charge in [0.25, 0.3) is 0 Å². The Hall–Kier alpha value is -2.16. The molecule has 2 N–H and O–H groups in total. The average Bonchev–Trinajstić information content (AvgIpc) is 2.40. The normalized spacial score (nSPS) is 10.3. The minimum Gasteiger partial charge on any atom is -0.508 e. The van der Waals surface area contributed by atoms with Crippen LogP contribution in [0.2, 0.25) is 0 Å². The van der Waals surface area contributed by atoms with Crippen LogP contribution in [0.1, 0.15) is 11.1 Å². The van der Waals surface area contributed by atoms with Crippen LogP contribution in [0.25, 0.3) is 0 Å². The molecule has 0 spiro atoms. The van der Waals surface area contributed by atoms with Crippen LogP contribution in [0.15, 0.2) is 42.5 Å². The van der Waals surface area contributed by atoms with Crippen molar-refractivity contribution in [3.63, 3.8) is 0 Å². The molecule has 3 nitrogen and oxygen atoms in total. The lowest BCUT2D eigenvalue weighted by Crippen LogP contribution is -1.94. The lowest BCUT2D eigenvalue weighted by Gasteiger charge is -2.10. The molecule has 0 saturated heterocycles. The lowest BCUT2D eigenvalue weighted by molar-refractivity contribution is 0.365. The van der Waals surface area contributed by atoms with E-state index in [4.69, 9.17) is 4.74 Å². The zero-order valence-electron chi connectivity index (χ0n) is 10.3. The van der Waals surface area contributed by atoms with Crippen LogP contribution in [0, 0.1) is 0 Å². The molecule has 3 heteroatoms. The topological polar surface area (TPSA) is 49.7 Å². The third kappa shape index (κ3) is 2.56. The molecule has 0 aromatic heterocycles. The maximum Gasteiger partial charge on any atom is 0.164 e. The Bertz CT molecular complexity index is 521. The number of phenols is 2. The number of benzene rings is 2. The van der Waals surface area contributed by atoms with Crippen LogP contribution >= 0.6 is 0 Å². The van der Waals surface area contributed by atoms with Crippen LogP contribution in [-0.2, 0) is 12.8 Å². The molecule has 94 valence electrons. The summed E-state index contributed by atoms with van der Waals surface area (Å²) >= 11 is 0. The van der Waals surface area contributed by atoms with Gasteiger partial charge in [-0.05, 0) is 30.5 Å². The summed E-state index contributed by atoms with van der Waals surface area (Å²) in [5, 5.41) is 19.7. The van der Waals surface area contributed by atoms with E-state index >= 15 is 0 Å². The van der Waals surface area contributed by atoms with Gasteiger partial charge in [-0.1, -0.05) is 30.3 Å². The van der Waals surface area contributed by atoms with E-state index in [1.165, 1.54) is 12.7 Å².